The number of aromatic amines is 1. The molecule has 0 atom stereocenters. The Morgan fingerprint density at radius 2 is 1.59 bits per heavy atom. The van der Waals surface area contributed by atoms with Gasteiger partial charge in [-0.3, -0.25) is 4.79 Å². The smallest absolute Gasteiger partial charge is 0.224 e. The van der Waals surface area contributed by atoms with Crippen LogP contribution < -0.4 is 10.1 Å². The molecule has 4 aromatic rings. The normalized spacial score (nSPS) is 10.8. The Morgan fingerprint density at radius 3 is 2.41 bits per heavy atom. The lowest BCUT2D eigenvalue weighted by Gasteiger charge is -2.12. The summed E-state index contributed by atoms with van der Waals surface area (Å²) in [4.78, 5) is 16.0. The fourth-order valence-electron chi connectivity index (χ4n) is 3.53. The Hall–Kier alpha value is -3.53. The summed E-state index contributed by atoms with van der Waals surface area (Å²) < 4.78 is 5.87. The molecule has 0 aliphatic carbocycles. The first-order valence-corrected chi connectivity index (χ1v) is 9.78. The Labute approximate surface area is 170 Å². The minimum Gasteiger partial charge on any atom is -0.489 e. The largest absolute Gasteiger partial charge is 0.489 e. The summed E-state index contributed by atoms with van der Waals surface area (Å²) in [5.41, 5.74) is 5.29. The van der Waals surface area contributed by atoms with Crippen molar-refractivity contribution in [2.45, 2.75) is 26.5 Å². The van der Waals surface area contributed by atoms with Gasteiger partial charge in [0.05, 0.1) is 6.42 Å². The number of rotatable bonds is 7. The van der Waals surface area contributed by atoms with Crippen LogP contribution in [0.15, 0.2) is 78.9 Å². The van der Waals surface area contributed by atoms with Gasteiger partial charge in [-0.05, 0) is 41.8 Å². The van der Waals surface area contributed by atoms with Crippen molar-refractivity contribution in [1.29, 1.82) is 0 Å². The summed E-state index contributed by atoms with van der Waals surface area (Å²) in [6.07, 6.45) is 0.360. The van der Waals surface area contributed by atoms with Gasteiger partial charge in [0.2, 0.25) is 5.91 Å². The van der Waals surface area contributed by atoms with Crippen molar-refractivity contribution in [3.8, 4) is 5.75 Å². The van der Waals surface area contributed by atoms with Gasteiger partial charge in [-0.15, -0.1) is 0 Å². The van der Waals surface area contributed by atoms with Gasteiger partial charge in [0.15, 0.2) is 0 Å². The number of H-pyrrole nitrogens is 1. The topological polar surface area (TPSA) is 54.1 Å². The second kappa shape index (κ2) is 8.65. The molecule has 0 saturated heterocycles. The van der Waals surface area contributed by atoms with Crippen LogP contribution in [0.5, 0.6) is 5.75 Å². The second-order valence-electron chi connectivity index (χ2n) is 7.10. The summed E-state index contributed by atoms with van der Waals surface area (Å²) in [5.74, 6) is 0.845. The molecule has 0 spiro atoms. The molecule has 0 radical (unpaired) electrons. The molecule has 1 aromatic heterocycles. The highest BCUT2D eigenvalue weighted by atomic mass is 16.5. The third-order valence-corrected chi connectivity index (χ3v) is 5.10. The van der Waals surface area contributed by atoms with Gasteiger partial charge in [0, 0.05) is 23.1 Å². The van der Waals surface area contributed by atoms with E-state index in [0.29, 0.717) is 19.6 Å². The number of para-hydroxylation sites is 2. The number of benzene rings is 3. The average Bonchev–Trinajstić information content (AvgIpc) is 3.07. The van der Waals surface area contributed by atoms with Gasteiger partial charge in [-0.25, -0.2) is 0 Å². The van der Waals surface area contributed by atoms with E-state index < -0.39 is 0 Å². The standard InChI is InChI=1S/C25H24N2O2/c1-18-23(22-13-7-8-14-24(22)27-18)15-25(28)26-16-19-9-5-6-10-20(19)17-29-21-11-3-2-4-12-21/h2-14,27H,15-17H2,1H3,(H,26,28). The maximum atomic E-state index is 12.6. The van der Waals surface area contributed by atoms with Gasteiger partial charge in [-0.2, -0.15) is 0 Å². The van der Waals surface area contributed by atoms with Crippen molar-refractivity contribution in [3.05, 3.63) is 101 Å². The van der Waals surface area contributed by atoms with E-state index in [2.05, 4.69) is 16.4 Å². The molecule has 4 heteroatoms. The number of aromatic nitrogens is 1. The first-order valence-electron chi connectivity index (χ1n) is 9.78. The molecule has 0 bridgehead atoms. The molecular formula is C25H24N2O2. The molecule has 4 nitrogen and oxygen atoms in total. The van der Waals surface area contributed by atoms with E-state index >= 15 is 0 Å². The van der Waals surface area contributed by atoms with E-state index in [9.17, 15) is 4.79 Å². The van der Waals surface area contributed by atoms with Crippen LogP contribution in [0.3, 0.4) is 0 Å². The van der Waals surface area contributed by atoms with E-state index in [4.69, 9.17) is 4.74 Å². The minimum absolute atomic E-state index is 0.0108. The third kappa shape index (κ3) is 4.49. The number of carbonyl (C=O) groups is 1. The van der Waals surface area contributed by atoms with Crippen LogP contribution in [-0.2, 0) is 24.4 Å². The molecule has 0 saturated carbocycles. The molecule has 0 aliphatic heterocycles. The number of aryl methyl sites for hydroxylation is 1. The van der Waals surface area contributed by atoms with Crippen molar-refractivity contribution in [1.82, 2.24) is 10.3 Å². The lowest BCUT2D eigenvalue weighted by atomic mass is 10.1. The fraction of sp³-hybridized carbons (Fsp3) is 0.160. The van der Waals surface area contributed by atoms with Gasteiger partial charge in [0.25, 0.3) is 0 Å². The maximum absolute atomic E-state index is 12.6. The lowest BCUT2D eigenvalue weighted by Crippen LogP contribution is -2.25. The number of amides is 1. The van der Waals surface area contributed by atoms with E-state index in [0.717, 1.165) is 39.0 Å². The Kier molecular flexibility index (Phi) is 5.61. The quantitative estimate of drug-likeness (QED) is 0.475. The number of nitrogens with one attached hydrogen (secondary N) is 2. The molecule has 4 rings (SSSR count). The van der Waals surface area contributed by atoms with E-state index in [1.165, 1.54) is 0 Å². The highest BCUT2D eigenvalue weighted by Gasteiger charge is 2.12. The third-order valence-electron chi connectivity index (χ3n) is 5.10. The monoisotopic (exact) mass is 384 g/mol. The highest BCUT2D eigenvalue weighted by molar-refractivity contribution is 5.90. The minimum atomic E-state index is 0.0108. The maximum Gasteiger partial charge on any atom is 0.224 e. The molecule has 1 amide bonds. The van der Waals surface area contributed by atoms with Crippen LogP contribution >= 0.6 is 0 Å². The van der Waals surface area contributed by atoms with Crippen molar-refractivity contribution in [3.63, 3.8) is 0 Å². The number of ether oxygens (including phenoxy) is 1. The summed E-state index contributed by atoms with van der Waals surface area (Å²) in [6, 6.07) is 25.9. The zero-order valence-corrected chi connectivity index (χ0v) is 16.4. The van der Waals surface area contributed by atoms with Crippen LogP contribution in [0, 0.1) is 6.92 Å². The number of carbonyl (C=O) groups excluding carboxylic acids is 1. The molecule has 146 valence electrons. The van der Waals surface area contributed by atoms with Crippen molar-refractivity contribution in [2.75, 3.05) is 0 Å². The first kappa shape index (κ1) is 18.8. The van der Waals surface area contributed by atoms with E-state index in [-0.39, 0.29) is 5.91 Å². The second-order valence-corrected chi connectivity index (χ2v) is 7.10. The molecule has 2 N–H and O–H groups in total. The highest BCUT2D eigenvalue weighted by Crippen LogP contribution is 2.22. The number of fused-ring (bicyclic) bond motifs is 1. The Bertz CT molecular complexity index is 1120. The molecule has 0 aliphatic rings. The Balaban J connectivity index is 1.40. The summed E-state index contributed by atoms with van der Waals surface area (Å²) in [5, 5.41) is 4.17. The van der Waals surface area contributed by atoms with Crippen LogP contribution in [0.2, 0.25) is 0 Å². The van der Waals surface area contributed by atoms with Gasteiger partial charge in [-0.1, -0.05) is 60.7 Å². The Morgan fingerprint density at radius 1 is 0.897 bits per heavy atom. The van der Waals surface area contributed by atoms with Crippen LogP contribution in [0.1, 0.15) is 22.4 Å². The summed E-state index contributed by atoms with van der Waals surface area (Å²) in [6.45, 7) is 2.96. The number of hydrogen-bond acceptors (Lipinski definition) is 2. The SMILES string of the molecule is Cc1[nH]c2ccccc2c1CC(=O)NCc1ccccc1COc1ccccc1. The molecular weight excluding hydrogens is 360 g/mol. The first-order chi connectivity index (χ1) is 14.2. The molecule has 0 fully saturated rings. The van der Waals surface area contributed by atoms with E-state index in [1.54, 1.807) is 0 Å². The summed E-state index contributed by atoms with van der Waals surface area (Å²) >= 11 is 0. The molecule has 1 heterocycles. The zero-order valence-electron chi connectivity index (χ0n) is 16.4. The average molecular weight is 384 g/mol. The van der Waals surface area contributed by atoms with Crippen LogP contribution in [0.4, 0.5) is 0 Å². The lowest BCUT2D eigenvalue weighted by molar-refractivity contribution is -0.120. The van der Waals surface area contributed by atoms with Crippen LogP contribution in [-0.4, -0.2) is 10.9 Å². The molecule has 0 unspecified atom stereocenters. The summed E-state index contributed by atoms with van der Waals surface area (Å²) in [7, 11) is 0. The van der Waals surface area contributed by atoms with Gasteiger partial charge < -0.3 is 15.0 Å². The predicted octanol–water partition coefficient (Wildman–Crippen LogP) is 4.91. The van der Waals surface area contributed by atoms with Crippen LogP contribution in [0.25, 0.3) is 10.9 Å². The zero-order chi connectivity index (χ0) is 20.1. The molecule has 3 aromatic carbocycles. The van der Waals surface area contributed by atoms with Crippen molar-refractivity contribution >= 4 is 16.8 Å². The van der Waals surface area contributed by atoms with E-state index in [1.807, 2.05) is 79.7 Å². The van der Waals surface area contributed by atoms with Crippen molar-refractivity contribution in [2.24, 2.45) is 0 Å². The number of hydrogen-bond donors (Lipinski definition) is 2. The predicted molar refractivity (Wildman–Crippen MR) is 116 cm³/mol. The van der Waals surface area contributed by atoms with Gasteiger partial charge >= 0.3 is 0 Å². The van der Waals surface area contributed by atoms with Gasteiger partial charge in [0.1, 0.15) is 12.4 Å². The van der Waals surface area contributed by atoms with Crippen molar-refractivity contribution < 1.29 is 9.53 Å². The molecule has 29 heavy (non-hydrogen) atoms. The fourth-order valence-corrected chi connectivity index (χ4v) is 3.53.